The van der Waals surface area contributed by atoms with Crippen molar-refractivity contribution in [1.29, 1.82) is 0 Å². The topological polar surface area (TPSA) is 111 Å². The number of nitrogens with one attached hydrogen (secondary N) is 3. The van der Waals surface area contributed by atoms with Gasteiger partial charge in [0.15, 0.2) is 5.82 Å². The number of hydrogen-bond donors (Lipinski definition) is 3. The molecule has 2 unspecified atom stereocenters. The second-order valence-electron chi connectivity index (χ2n) is 8.49. The zero-order valence-electron chi connectivity index (χ0n) is 17.5. The number of rotatable bonds is 7. The third-order valence-corrected chi connectivity index (χ3v) is 6.83. The molecule has 1 aromatic carbocycles. The normalized spacial score (nSPS) is 21.3. The summed E-state index contributed by atoms with van der Waals surface area (Å²) in [5, 5.41) is 15.4. The minimum absolute atomic E-state index is 0.529. The molecule has 11 heteroatoms. The molecular formula is C22H21Cl2N9. The fraction of sp³-hybridized carbons (Fsp3) is 0.318. The molecule has 1 saturated carbocycles. The minimum atomic E-state index is 0.529. The molecule has 3 N–H and O–H groups in total. The van der Waals surface area contributed by atoms with Gasteiger partial charge in [0.2, 0.25) is 5.95 Å². The fourth-order valence-electron chi connectivity index (χ4n) is 4.78. The molecule has 2 atom stereocenters. The molecule has 4 aromatic rings. The molecule has 0 amide bonds. The highest BCUT2D eigenvalue weighted by Crippen LogP contribution is 2.57. The standard InChI is InChI=1S/C22H21Cl2N9/c23-13-5-12(6-14(24)7-13)1-3-25-22-26-4-2-17(29-22)21-27-9-19(30-21)33-10-15-16(11-33)20(15)18-8-28-32-31-18/h2,4-9,15-16,20H,1,3,10-11H2,(H,27,30)(H,25,26,29)(H,28,31,32). The van der Waals surface area contributed by atoms with Gasteiger partial charge in [-0.05, 0) is 48.1 Å². The molecule has 168 valence electrons. The van der Waals surface area contributed by atoms with Crippen LogP contribution >= 0.6 is 23.2 Å². The zero-order valence-corrected chi connectivity index (χ0v) is 19.1. The third kappa shape index (κ3) is 4.14. The van der Waals surface area contributed by atoms with E-state index in [2.05, 4.69) is 45.6 Å². The van der Waals surface area contributed by atoms with Gasteiger partial charge in [-0.25, -0.2) is 15.0 Å². The molecule has 6 rings (SSSR count). The molecular weight excluding hydrogens is 461 g/mol. The first kappa shape index (κ1) is 20.4. The SMILES string of the molecule is Clc1cc(Cl)cc(CCNc2nccc(-c3ncc(N4CC5C(C4)C5c4cn[nH]n4)[nH]3)n2)c1. The molecule has 0 spiro atoms. The number of fused-ring (bicyclic) bond motifs is 1. The van der Waals surface area contributed by atoms with Gasteiger partial charge < -0.3 is 15.2 Å². The summed E-state index contributed by atoms with van der Waals surface area (Å²) in [6.45, 7) is 2.65. The van der Waals surface area contributed by atoms with E-state index in [-0.39, 0.29) is 0 Å². The smallest absolute Gasteiger partial charge is 0.223 e. The van der Waals surface area contributed by atoms with Crippen LogP contribution < -0.4 is 10.2 Å². The predicted octanol–water partition coefficient (Wildman–Crippen LogP) is 3.80. The Labute approximate surface area is 200 Å². The van der Waals surface area contributed by atoms with Gasteiger partial charge >= 0.3 is 0 Å². The number of anilines is 2. The summed E-state index contributed by atoms with van der Waals surface area (Å²) < 4.78 is 0. The first-order chi connectivity index (χ1) is 16.1. The Morgan fingerprint density at radius 1 is 1.06 bits per heavy atom. The van der Waals surface area contributed by atoms with Crippen molar-refractivity contribution in [3.63, 3.8) is 0 Å². The Kier molecular flexibility index (Phi) is 5.15. The van der Waals surface area contributed by atoms with E-state index >= 15 is 0 Å². The average Bonchev–Trinajstić information content (AvgIpc) is 3.33. The molecule has 1 aliphatic carbocycles. The molecule has 33 heavy (non-hydrogen) atoms. The van der Waals surface area contributed by atoms with E-state index in [0.717, 1.165) is 48.1 Å². The van der Waals surface area contributed by atoms with Crippen LogP contribution in [0.25, 0.3) is 11.5 Å². The van der Waals surface area contributed by atoms with E-state index in [9.17, 15) is 0 Å². The Morgan fingerprint density at radius 3 is 2.64 bits per heavy atom. The van der Waals surface area contributed by atoms with Crippen LogP contribution in [0.1, 0.15) is 17.2 Å². The van der Waals surface area contributed by atoms with Gasteiger partial charge in [0.05, 0.1) is 18.1 Å². The number of imidazole rings is 1. The van der Waals surface area contributed by atoms with Gasteiger partial charge in [0.1, 0.15) is 11.5 Å². The van der Waals surface area contributed by atoms with E-state index < -0.39 is 0 Å². The largest absolute Gasteiger partial charge is 0.356 e. The van der Waals surface area contributed by atoms with Gasteiger partial charge in [0, 0.05) is 41.8 Å². The second-order valence-corrected chi connectivity index (χ2v) is 9.36. The maximum absolute atomic E-state index is 6.07. The number of hydrogen-bond acceptors (Lipinski definition) is 7. The monoisotopic (exact) mass is 481 g/mol. The van der Waals surface area contributed by atoms with Crippen LogP contribution in [0.15, 0.2) is 42.9 Å². The van der Waals surface area contributed by atoms with Crippen LogP contribution in [0, 0.1) is 11.8 Å². The van der Waals surface area contributed by atoms with Crippen molar-refractivity contribution in [1.82, 2.24) is 35.3 Å². The van der Waals surface area contributed by atoms with Crippen LogP contribution in [0.2, 0.25) is 10.0 Å². The fourth-order valence-corrected chi connectivity index (χ4v) is 5.36. The van der Waals surface area contributed by atoms with Crippen molar-refractivity contribution < 1.29 is 0 Å². The Bertz CT molecular complexity index is 1240. The van der Waals surface area contributed by atoms with Crippen LogP contribution in [0.5, 0.6) is 0 Å². The van der Waals surface area contributed by atoms with E-state index in [1.807, 2.05) is 30.6 Å². The molecule has 3 aromatic heterocycles. The maximum atomic E-state index is 6.07. The summed E-state index contributed by atoms with van der Waals surface area (Å²) >= 11 is 12.1. The van der Waals surface area contributed by atoms with Gasteiger partial charge in [0.25, 0.3) is 0 Å². The summed E-state index contributed by atoms with van der Waals surface area (Å²) in [6, 6.07) is 7.40. The number of aromatic nitrogens is 7. The predicted molar refractivity (Wildman–Crippen MR) is 127 cm³/mol. The van der Waals surface area contributed by atoms with E-state index in [4.69, 9.17) is 23.2 Å². The van der Waals surface area contributed by atoms with Crippen LogP contribution in [-0.4, -0.2) is 55.0 Å². The number of H-pyrrole nitrogens is 2. The van der Waals surface area contributed by atoms with Crippen molar-refractivity contribution >= 4 is 35.0 Å². The van der Waals surface area contributed by atoms with Crippen molar-refractivity contribution in [2.75, 3.05) is 29.9 Å². The van der Waals surface area contributed by atoms with E-state index in [1.54, 1.807) is 12.3 Å². The molecule has 1 saturated heterocycles. The lowest BCUT2D eigenvalue weighted by atomic mass is 10.1. The summed E-state index contributed by atoms with van der Waals surface area (Å²) in [6.07, 6.45) is 6.21. The lowest BCUT2D eigenvalue weighted by Gasteiger charge is -2.19. The number of nitrogens with zero attached hydrogens (tertiary/aromatic N) is 6. The molecule has 0 bridgehead atoms. The molecule has 1 aliphatic heterocycles. The lowest BCUT2D eigenvalue weighted by molar-refractivity contribution is 0.729. The summed E-state index contributed by atoms with van der Waals surface area (Å²) in [5.74, 6) is 4.09. The lowest BCUT2D eigenvalue weighted by Crippen LogP contribution is -2.23. The molecule has 0 radical (unpaired) electrons. The summed E-state index contributed by atoms with van der Waals surface area (Å²) in [4.78, 5) is 19.3. The zero-order chi connectivity index (χ0) is 22.4. The maximum Gasteiger partial charge on any atom is 0.223 e. The van der Waals surface area contributed by atoms with Crippen LogP contribution in [-0.2, 0) is 6.42 Å². The van der Waals surface area contributed by atoms with Crippen molar-refractivity contribution in [3.8, 4) is 11.5 Å². The van der Waals surface area contributed by atoms with E-state index in [0.29, 0.717) is 40.3 Å². The van der Waals surface area contributed by atoms with Gasteiger partial charge in [-0.3, -0.25) is 0 Å². The highest BCUT2D eigenvalue weighted by atomic mass is 35.5. The van der Waals surface area contributed by atoms with Crippen molar-refractivity contribution in [2.24, 2.45) is 11.8 Å². The number of halogens is 2. The van der Waals surface area contributed by atoms with Gasteiger partial charge in [-0.1, -0.05) is 23.2 Å². The summed E-state index contributed by atoms with van der Waals surface area (Å²) in [7, 11) is 0. The van der Waals surface area contributed by atoms with Crippen molar-refractivity contribution in [3.05, 3.63) is 64.2 Å². The Hall–Kier alpha value is -3.17. The van der Waals surface area contributed by atoms with Crippen molar-refractivity contribution in [2.45, 2.75) is 12.3 Å². The molecule has 4 heterocycles. The summed E-state index contributed by atoms with van der Waals surface area (Å²) in [5.41, 5.74) is 2.88. The Morgan fingerprint density at radius 2 is 1.88 bits per heavy atom. The van der Waals surface area contributed by atoms with Crippen LogP contribution in [0.3, 0.4) is 0 Å². The third-order valence-electron chi connectivity index (χ3n) is 6.39. The van der Waals surface area contributed by atoms with Gasteiger partial charge in [-0.2, -0.15) is 15.4 Å². The first-order valence-electron chi connectivity index (χ1n) is 10.8. The minimum Gasteiger partial charge on any atom is -0.356 e. The van der Waals surface area contributed by atoms with Gasteiger partial charge in [-0.15, -0.1) is 0 Å². The van der Waals surface area contributed by atoms with E-state index in [1.165, 1.54) is 0 Å². The Balaban J connectivity index is 1.07. The molecule has 2 aliphatic rings. The second kappa shape index (κ2) is 8.31. The number of piperidine rings is 1. The average molecular weight is 482 g/mol. The molecule has 9 nitrogen and oxygen atoms in total. The van der Waals surface area contributed by atoms with Crippen LogP contribution in [0.4, 0.5) is 11.8 Å². The molecule has 2 fully saturated rings. The highest BCUT2D eigenvalue weighted by molar-refractivity contribution is 6.34. The number of aromatic amines is 2. The number of benzene rings is 1. The highest BCUT2D eigenvalue weighted by Gasteiger charge is 2.57. The first-order valence-corrected chi connectivity index (χ1v) is 11.6. The quantitative estimate of drug-likeness (QED) is 0.368.